The van der Waals surface area contributed by atoms with Gasteiger partial charge in [0.15, 0.2) is 0 Å². The fourth-order valence-electron chi connectivity index (χ4n) is 2.26. The minimum atomic E-state index is -4.41. The zero-order valence-electron chi connectivity index (χ0n) is 10.7. The highest BCUT2D eigenvalue weighted by Crippen LogP contribution is 2.34. The number of halogens is 3. The summed E-state index contributed by atoms with van der Waals surface area (Å²) in [5.41, 5.74) is 6.24. The summed E-state index contributed by atoms with van der Waals surface area (Å²) in [6, 6.07) is 8.86. The summed E-state index contributed by atoms with van der Waals surface area (Å²) in [5.74, 6) is 0. The van der Waals surface area contributed by atoms with Crippen molar-refractivity contribution in [3.63, 3.8) is 0 Å². The van der Waals surface area contributed by atoms with Gasteiger partial charge in [0.1, 0.15) is 6.04 Å². The van der Waals surface area contributed by atoms with Crippen LogP contribution in [0.3, 0.4) is 0 Å². The lowest BCUT2D eigenvalue weighted by molar-refractivity contribution is -0.149. The molecule has 0 unspecified atom stereocenters. The number of aryl methyl sites for hydroxylation is 1. The van der Waals surface area contributed by atoms with Crippen LogP contribution in [-0.2, 0) is 6.42 Å². The maximum atomic E-state index is 12.8. The van der Waals surface area contributed by atoms with E-state index in [2.05, 4.69) is 0 Å². The summed E-state index contributed by atoms with van der Waals surface area (Å²) >= 11 is 0. The molecule has 2 aromatic rings. The maximum Gasteiger partial charge on any atom is 0.407 e. The highest BCUT2D eigenvalue weighted by atomic mass is 19.4. The van der Waals surface area contributed by atoms with Crippen LogP contribution in [0.1, 0.15) is 30.5 Å². The molecule has 1 nitrogen and oxygen atoms in total. The molecule has 0 amide bonds. The van der Waals surface area contributed by atoms with Gasteiger partial charge in [0.05, 0.1) is 0 Å². The van der Waals surface area contributed by atoms with Crippen LogP contribution in [-0.4, -0.2) is 6.18 Å². The molecular formula is C15H16F3N. The molecular weight excluding hydrogens is 251 g/mol. The molecule has 0 heterocycles. The molecule has 0 aliphatic rings. The quantitative estimate of drug-likeness (QED) is 0.878. The van der Waals surface area contributed by atoms with Crippen LogP contribution in [0.15, 0.2) is 36.4 Å². The van der Waals surface area contributed by atoms with Crippen molar-refractivity contribution in [1.29, 1.82) is 0 Å². The molecule has 4 heteroatoms. The van der Waals surface area contributed by atoms with Crippen molar-refractivity contribution < 1.29 is 13.2 Å². The average Bonchev–Trinajstić information content (AvgIpc) is 2.36. The Balaban J connectivity index is 2.59. The van der Waals surface area contributed by atoms with Crippen molar-refractivity contribution in [2.24, 2.45) is 5.73 Å². The summed E-state index contributed by atoms with van der Waals surface area (Å²) in [7, 11) is 0. The lowest BCUT2D eigenvalue weighted by Gasteiger charge is -2.20. The highest BCUT2D eigenvalue weighted by Gasteiger charge is 2.38. The topological polar surface area (TPSA) is 26.0 Å². The third-order valence-corrected chi connectivity index (χ3v) is 3.21. The Morgan fingerprint density at radius 1 is 1.11 bits per heavy atom. The number of hydrogen-bond acceptors (Lipinski definition) is 1. The molecule has 0 bridgehead atoms. The van der Waals surface area contributed by atoms with Gasteiger partial charge in [0.25, 0.3) is 0 Å². The Morgan fingerprint density at radius 2 is 1.68 bits per heavy atom. The molecule has 2 rings (SSSR count). The van der Waals surface area contributed by atoms with Crippen molar-refractivity contribution in [1.82, 2.24) is 0 Å². The molecule has 0 spiro atoms. The van der Waals surface area contributed by atoms with Crippen LogP contribution in [0, 0.1) is 0 Å². The third-order valence-electron chi connectivity index (χ3n) is 3.21. The van der Waals surface area contributed by atoms with Gasteiger partial charge < -0.3 is 5.73 Å². The van der Waals surface area contributed by atoms with E-state index in [1.807, 2.05) is 31.2 Å². The first-order valence-electron chi connectivity index (χ1n) is 6.27. The van der Waals surface area contributed by atoms with Gasteiger partial charge in [-0.1, -0.05) is 43.7 Å². The Labute approximate surface area is 110 Å². The van der Waals surface area contributed by atoms with E-state index in [1.54, 1.807) is 12.1 Å². The molecule has 0 aliphatic carbocycles. The molecule has 0 saturated heterocycles. The highest BCUT2D eigenvalue weighted by molar-refractivity contribution is 5.84. The Kier molecular flexibility index (Phi) is 3.80. The monoisotopic (exact) mass is 267 g/mol. The summed E-state index contributed by atoms with van der Waals surface area (Å²) < 4.78 is 38.5. The molecule has 0 radical (unpaired) electrons. The van der Waals surface area contributed by atoms with Crippen molar-refractivity contribution in [2.45, 2.75) is 32.0 Å². The van der Waals surface area contributed by atoms with E-state index >= 15 is 0 Å². The van der Waals surface area contributed by atoms with Gasteiger partial charge in [-0.25, -0.2) is 0 Å². The normalized spacial score (nSPS) is 13.7. The minimum absolute atomic E-state index is 0.188. The third kappa shape index (κ3) is 2.89. The van der Waals surface area contributed by atoms with E-state index in [0.717, 1.165) is 17.2 Å². The van der Waals surface area contributed by atoms with Gasteiger partial charge >= 0.3 is 6.18 Å². The average molecular weight is 267 g/mol. The first-order valence-corrected chi connectivity index (χ1v) is 6.27. The number of rotatable bonds is 3. The molecule has 1 atom stereocenters. The second-order valence-corrected chi connectivity index (χ2v) is 4.67. The molecule has 19 heavy (non-hydrogen) atoms. The summed E-state index contributed by atoms with van der Waals surface area (Å²) in [6.07, 6.45) is -3.02. The van der Waals surface area contributed by atoms with E-state index < -0.39 is 12.2 Å². The lowest BCUT2D eigenvalue weighted by Crippen LogP contribution is -2.29. The summed E-state index contributed by atoms with van der Waals surface area (Å²) in [5, 5.41) is 1.74. The smallest absolute Gasteiger partial charge is 0.316 e. The van der Waals surface area contributed by atoms with Crippen molar-refractivity contribution >= 4 is 10.8 Å². The van der Waals surface area contributed by atoms with Crippen LogP contribution < -0.4 is 5.73 Å². The standard InChI is InChI=1S/C15H16F3N/c1-2-5-12-8-10-6-3-4-7-11(10)9-13(12)14(19)15(16,17)18/h3-4,6-9,14H,2,5,19H2,1H3/t14-/m0/s1. The zero-order valence-corrected chi connectivity index (χ0v) is 10.7. The second-order valence-electron chi connectivity index (χ2n) is 4.67. The largest absolute Gasteiger partial charge is 0.407 e. The van der Waals surface area contributed by atoms with Crippen molar-refractivity contribution in [3.8, 4) is 0 Å². The fraction of sp³-hybridized carbons (Fsp3) is 0.333. The first-order chi connectivity index (χ1) is 8.93. The van der Waals surface area contributed by atoms with Gasteiger partial charge in [-0.05, 0) is 34.4 Å². The molecule has 2 N–H and O–H groups in total. The number of alkyl halides is 3. The minimum Gasteiger partial charge on any atom is -0.316 e. The van der Waals surface area contributed by atoms with Gasteiger partial charge in [-0.15, -0.1) is 0 Å². The Bertz CT molecular complexity index is 575. The first kappa shape index (κ1) is 13.9. The molecule has 0 aliphatic heterocycles. The fourth-order valence-corrected chi connectivity index (χ4v) is 2.26. The van der Waals surface area contributed by atoms with Crippen LogP contribution >= 0.6 is 0 Å². The number of nitrogens with two attached hydrogens (primary N) is 1. The van der Waals surface area contributed by atoms with E-state index in [9.17, 15) is 13.2 Å². The van der Waals surface area contributed by atoms with Gasteiger partial charge in [-0.3, -0.25) is 0 Å². The van der Waals surface area contributed by atoms with E-state index in [4.69, 9.17) is 5.73 Å². The van der Waals surface area contributed by atoms with Crippen LogP contribution in [0.25, 0.3) is 10.8 Å². The maximum absolute atomic E-state index is 12.8. The summed E-state index contributed by atoms with van der Waals surface area (Å²) in [6.45, 7) is 1.94. The second kappa shape index (κ2) is 5.21. The number of benzene rings is 2. The van der Waals surface area contributed by atoms with Crippen molar-refractivity contribution in [2.75, 3.05) is 0 Å². The number of fused-ring (bicyclic) bond motifs is 1. The van der Waals surface area contributed by atoms with Crippen LogP contribution in [0.4, 0.5) is 13.2 Å². The Morgan fingerprint density at radius 3 is 2.21 bits per heavy atom. The predicted molar refractivity (Wildman–Crippen MR) is 70.9 cm³/mol. The van der Waals surface area contributed by atoms with Crippen molar-refractivity contribution in [3.05, 3.63) is 47.5 Å². The zero-order chi connectivity index (χ0) is 14.0. The van der Waals surface area contributed by atoms with E-state index in [-0.39, 0.29) is 5.56 Å². The molecule has 0 fully saturated rings. The van der Waals surface area contributed by atoms with Crippen LogP contribution in [0.5, 0.6) is 0 Å². The SMILES string of the molecule is CCCc1cc2ccccc2cc1[C@H](N)C(F)(F)F. The Hall–Kier alpha value is -1.55. The van der Waals surface area contributed by atoms with Gasteiger partial charge in [-0.2, -0.15) is 13.2 Å². The van der Waals surface area contributed by atoms with Gasteiger partial charge in [0, 0.05) is 0 Å². The predicted octanol–water partition coefficient (Wildman–Crippen LogP) is 4.35. The molecule has 102 valence electrons. The summed E-state index contributed by atoms with van der Waals surface area (Å²) in [4.78, 5) is 0. The number of hydrogen-bond donors (Lipinski definition) is 1. The van der Waals surface area contributed by atoms with Crippen LogP contribution in [0.2, 0.25) is 0 Å². The van der Waals surface area contributed by atoms with E-state index in [1.165, 1.54) is 0 Å². The molecule has 0 saturated carbocycles. The molecule has 0 aromatic heterocycles. The molecule has 2 aromatic carbocycles. The van der Waals surface area contributed by atoms with Gasteiger partial charge in [0.2, 0.25) is 0 Å². The lowest BCUT2D eigenvalue weighted by atomic mass is 9.93. The van der Waals surface area contributed by atoms with E-state index in [0.29, 0.717) is 12.0 Å².